The molecule has 0 aliphatic heterocycles. The summed E-state index contributed by atoms with van der Waals surface area (Å²) in [7, 11) is 0. The standard InChI is InChI=1S/C8H15ClO2/c1-4-6(2)7(3)8(10)11-5-9/h6-7H,4-5H2,1-3H3. The summed E-state index contributed by atoms with van der Waals surface area (Å²) in [6.45, 7) is 5.94. The molecule has 66 valence electrons. The van der Waals surface area contributed by atoms with Crippen LogP contribution in [0.5, 0.6) is 0 Å². The van der Waals surface area contributed by atoms with Gasteiger partial charge in [0.1, 0.15) is 0 Å². The second-order valence-corrected chi connectivity index (χ2v) is 2.96. The Morgan fingerprint density at radius 3 is 2.45 bits per heavy atom. The van der Waals surface area contributed by atoms with Crippen LogP contribution in [0.1, 0.15) is 27.2 Å². The van der Waals surface area contributed by atoms with E-state index in [2.05, 4.69) is 11.7 Å². The predicted octanol–water partition coefficient (Wildman–Crippen LogP) is 2.41. The van der Waals surface area contributed by atoms with Crippen LogP contribution in [-0.2, 0) is 9.53 Å². The lowest BCUT2D eigenvalue weighted by molar-refractivity contribution is -0.147. The second kappa shape index (κ2) is 5.42. The average Bonchev–Trinajstić information content (AvgIpc) is 2.02. The highest BCUT2D eigenvalue weighted by atomic mass is 35.5. The van der Waals surface area contributed by atoms with Crippen molar-refractivity contribution in [3.63, 3.8) is 0 Å². The molecule has 2 nitrogen and oxygen atoms in total. The number of esters is 1. The highest BCUT2D eigenvalue weighted by Crippen LogP contribution is 2.15. The third-order valence-corrected chi connectivity index (χ3v) is 2.18. The van der Waals surface area contributed by atoms with Crippen LogP contribution in [-0.4, -0.2) is 12.0 Å². The molecule has 2 atom stereocenters. The van der Waals surface area contributed by atoms with Crippen molar-refractivity contribution >= 4 is 17.6 Å². The summed E-state index contributed by atoms with van der Waals surface area (Å²) in [5.41, 5.74) is 0. The summed E-state index contributed by atoms with van der Waals surface area (Å²) < 4.78 is 4.65. The van der Waals surface area contributed by atoms with Gasteiger partial charge in [-0.2, -0.15) is 0 Å². The summed E-state index contributed by atoms with van der Waals surface area (Å²) in [6.07, 6.45) is 0.985. The van der Waals surface area contributed by atoms with E-state index in [1.165, 1.54) is 0 Å². The van der Waals surface area contributed by atoms with Crippen molar-refractivity contribution in [2.75, 3.05) is 6.07 Å². The number of carbonyl (C=O) groups excluding carboxylic acids is 1. The molecule has 3 heteroatoms. The number of alkyl halides is 1. The molecule has 0 spiro atoms. The van der Waals surface area contributed by atoms with E-state index in [1.54, 1.807) is 0 Å². The van der Waals surface area contributed by atoms with Crippen molar-refractivity contribution in [3.05, 3.63) is 0 Å². The molecule has 0 saturated carbocycles. The van der Waals surface area contributed by atoms with Crippen LogP contribution >= 0.6 is 11.6 Å². The Kier molecular flexibility index (Phi) is 5.30. The smallest absolute Gasteiger partial charge is 0.310 e. The van der Waals surface area contributed by atoms with Gasteiger partial charge in [0.2, 0.25) is 0 Å². The van der Waals surface area contributed by atoms with E-state index in [0.29, 0.717) is 5.92 Å². The molecule has 0 aliphatic carbocycles. The van der Waals surface area contributed by atoms with Crippen LogP contribution in [0.25, 0.3) is 0 Å². The number of hydrogen-bond donors (Lipinski definition) is 0. The van der Waals surface area contributed by atoms with E-state index < -0.39 is 0 Å². The van der Waals surface area contributed by atoms with Gasteiger partial charge < -0.3 is 4.74 Å². The van der Waals surface area contributed by atoms with Crippen LogP contribution in [0.4, 0.5) is 0 Å². The predicted molar refractivity (Wildman–Crippen MR) is 45.4 cm³/mol. The van der Waals surface area contributed by atoms with Gasteiger partial charge in [0.25, 0.3) is 0 Å². The molecule has 0 aromatic heterocycles. The van der Waals surface area contributed by atoms with Crippen LogP contribution in [0.15, 0.2) is 0 Å². The zero-order valence-corrected chi connectivity index (χ0v) is 8.02. The fourth-order valence-electron chi connectivity index (χ4n) is 0.771. The maximum absolute atomic E-state index is 11.0. The summed E-state index contributed by atoms with van der Waals surface area (Å²) >= 11 is 5.25. The van der Waals surface area contributed by atoms with Gasteiger partial charge in [-0.1, -0.05) is 38.8 Å². The van der Waals surface area contributed by atoms with Gasteiger partial charge in [0.15, 0.2) is 6.07 Å². The molecule has 0 N–H and O–H groups in total. The molecule has 0 radical (unpaired) electrons. The highest BCUT2D eigenvalue weighted by Gasteiger charge is 2.19. The molecule has 0 heterocycles. The van der Waals surface area contributed by atoms with E-state index in [1.807, 2.05) is 13.8 Å². The molecule has 0 aromatic rings. The second-order valence-electron chi connectivity index (χ2n) is 2.75. The largest absolute Gasteiger partial charge is 0.449 e. The fraction of sp³-hybridized carbons (Fsp3) is 0.875. The molecule has 0 rings (SSSR count). The maximum Gasteiger partial charge on any atom is 0.310 e. The average molecular weight is 179 g/mol. The van der Waals surface area contributed by atoms with Crippen LogP contribution in [0.3, 0.4) is 0 Å². The van der Waals surface area contributed by atoms with E-state index in [-0.39, 0.29) is 18.0 Å². The third kappa shape index (κ3) is 3.61. The number of rotatable bonds is 4. The maximum atomic E-state index is 11.0. The van der Waals surface area contributed by atoms with E-state index in [9.17, 15) is 4.79 Å². The summed E-state index contributed by atoms with van der Waals surface area (Å²) in [5, 5.41) is 0. The minimum absolute atomic E-state index is 0.0421. The molecule has 0 aromatic carbocycles. The number of carbonyl (C=O) groups is 1. The Morgan fingerprint density at radius 1 is 1.55 bits per heavy atom. The lowest BCUT2D eigenvalue weighted by Gasteiger charge is -2.15. The van der Waals surface area contributed by atoms with Gasteiger partial charge in [0, 0.05) is 0 Å². The topological polar surface area (TPSA) is 26.3 Å². The van der Waals surface area contributed by atoms with E-state index >= 15 is 0 Å². The fourth-order valence-corrected chi connectivity index (χ4v) is 0.879. The van der Waals surface area contributed by atoms with Gasteiger partial charge in [-0.25, -0.2) is 0 Å². The Morgan fingerprint density at radius 2 is 2.09 bits per heavy atom. The van der Waals surface area contributed by atoms with Gasteiger partial charge >= 0.3 is 5.97 Å². The SMILES string of the molecule is CCC(C)C(C)C(=O)OCCl. The number of hydrogen-bond acceptors (Lipinski definition) is 2. The zero-order chi connectivity index (χ0) is 8.85. The minimum atomic E-state index is -0.200. The van der Waals surface area contributed by atoms with Crippen LogP contribution in [0.2, 0.25) is 0 Å². The third-order valence-electron chi connectivity index (χ3n) is 2.07. The van der Waals surface area contributed by atoms with E-state index in [4.69, 9.17) is 11.6 Å². The Bertz CT molecular complexity index is 125. The van der Waals surface area contributed by atoms with Gasteiger partial charge in [0.05, 0.1) is 5.92 Å². The van der Waals surface area contributed by atoms with Gasteiger partial charge in [-0.15, -0.1) is 0 Å². The number of ether oxygens (including phenoxy) is 1. The molecule has 2 unspecified atom stereocenters. The van der Waals surface area contributed by atoms with Crippen LogP contribution in [0, 0.1) is 11.8 Å². The minimum Gasteiger partial charge on any atom is -0.449 e. The normalized spacial score (nSPS) is 15.6. The summed E-state index contributed by atoms with van der Waals surface area (Å²) in [6, 6.07) is -0.0421. The molecule has 0 amide bonds. The van der Waals surface area contributed by atoms with E-state index in [0.717, 1.165) is 6.42 Å². The Balaban J connectivity index is 3.80. The molecular weight excluding hydrogens is 164 g/mol. The lowest BCUT2D eigenvalue weighted by atomic mass is 9.94. The molecule has 0 bridgehead atoms. The zero-order valence-electron chi connectivity index (χ0n) is 7.26. The number of halogens is 1. The molecule has 0 fully saturated rings. The monoisotopic (exact) mass is 178 g/mol. The molecular formula is C8H15ClO2. The highest BCUT2D eigenvalue weighted by molar-refractivity contribution is 6.17. The van der Waals surface area contributed by atoms with Crippen molar-refractivity contribution in [2.45, 2.75) is 27.2 Å². The first-order chi connectivity index (χ1) is 5.13. The van der Waals surface area contributed by atoms with Crippen molar-refractivity contribution in [3.8, 4) is 0 Å². The van der Waals surface area contributed by atoms with Crippen LogP contribution < -0.4 is 0 Å². The summed E-state index contributed by atoms with van der Waals surface area (Å²) in [4.78, 5) is 11.0. The van der Waals surface area contributed by atoms with Crippen molar-refractivity contribution in [1.29, 1.82) is 0 Å². The Hall–Kier alpha value is -0.240. The first-order valence-electron chi connectivity index (χ1n) is 3.86. The molecule has 0 aliphatic rings. The van der Waals surface area contributed by atoms with Crippen molar-refractivity contribution < 1.29 is 9.53 Å². The molecule has 0 saturated heterocycles. The van der Waals surface area contributed by atoms with Crippen molar-refractivity contribution in [2.24, 2.45) is 11.8 Å². The van der Waals surface area contributed by atoms with Crippen molar-refractivity contribution in [1.82, 2.24) is 0 Å². The first-order valence-corrected chi connectivity index (χ1v) is 4.39. The van der Waals surface area contributed by atoms with Gasteiger partial charge in [-0.05, 0) is 5.92 Å². The van der Waals surface area contributed by atoms with Gasteiger partial charge in [-0.3, -0.25) is 4.79 Å². The molecule has 11 heavy (non-hydrogen) atoms. The first kappa shape index (κ1) is 10.8. The quantitative estimate of drug-likeness (QED) is 0.488. The lowest BCUT2D eigenvalue weighted by Crippen LogP contribution is -2.20. The summed E-state index contributed by atoms with van der Waals surface area (Å²) in [5.74, 6) is 0.124. The Labute approximate surface area is 72.9 Å².